The lowest BCUT2D eigenvalue weighted by molar-refractivity contribution is -0.107. The maximum absolute atomic E-state index is 12.6. The third-order valence-electron chi connectivity index (χ3n) is 4.06. The van der Waals surface area contributed by atoms with E-state index in [9.17, 15) is 9.59 Å². The second kappa shape index (κ2) is 10.6. The summed E-state index contributed by atoms with van der Waals surface area (Å²) in [6.45, 7) is 6.59. The predicted octanol–water partition coefficient (Wildman–Crippen LogP) is 3.07. The van der Waals surface area contributed by atoms with Gasteiger partial charge >= 0.3 is 0 Å². The molecule has 1 aliphatic heterocycles. The molecule has 2 heterocycles. The van der Waals surface area contributed by atoms with Crippen LogP contribution in [0.15, 0.2) is 18.2 Å². The normalized spacial score (nSPS) is 15.3. The van der Waals surface area contributed by atoms with E-state index >= 15 is 0 Å². The highest BCUT2D eigenvalue weighted by Gasteiger charge is 2.25. The Hall–Kier alpha value is -1.17. The minimum Gasteiger partial charge on any atom is -0.306 e. The van der Waals surface area contributed by atoms with E-state index in [1.807, 2.05) is 13.8 Å². The molecule has 24 heavy (non-hydrogen) atoms. The Morgan fingerprint density at radius 3 is 2.50 bits per heavy atom. The van der Waals surface area contributed by atoms with Gasteiger partial charge in [0.2, 0.25) is 6.41 Å². The van der Waals surface area contributed by atoms with Gasteiger partial charge in [-0.2, -0.15) is 0 Å². The molecule has 136 valence electrons. The van der Waals surface area contributed by atoms with Gasteiger partial charge in [-0.1, -0.05) is 19.9 Å². The molecule has 1 fully saturated rings. The zero-order chi connectivity index (χ0) is 16.1. The van der Waals surface area contributed by atoms with E-state index in [0.29, 0.717) is 24.0 Å². The molecule has 1 aliphatic rings. The molecule has 0 N–H and O–H groups in total. The average Bonchev–Trinajstić information content (AvgIpc) is 2.52. The highest BCUT2D eigenvalue weighted by atomic mass is 35.5. The largest absolute Gasteiger partial charge is 0.306 e. The second-order valence-electron chi connectivity index (χ2n) is 6.47. The molecule has 0 saturated carbocycles. The van der Waals surface area contributed by atoms with Gasteiger partial charge in [0, 0.05) is 12.5 Å². The van der Waals surface area contributed by atoms with Crippen molar-refractivity contribution in [1.29, 1.82) is 0 Å². The van der Waals surface area contributed by atoms with Gasteiger partial charge in [0.1, 0.15) is 11.5 Å². The van der Waals surface area contributed by atoms with Crippen LogP contribution >= 0.6 is 24.8 Å². The summed E-state index contributed by atoms with van der Waals surface area (Å²) < 4.78 is 0. The number of pyridine rings is 1. The van der Waals surface area contributed by atoms with Crippen molar-refractivity contribution in [2.24, 2.45) is 11.8 Å². The number of anilines is 1. The van der Waals surface area contributed by atoms with Crippen LogP contribution in [0.25, 0.3) is 0 Å². The number of ketones is 1. The van der Waals surface area contributed by atoms with Crippen molar-refractivity contribution in [2.45, 2.75) is 26.7 Å². The van der Waals surface area contributed by atoms with Crippen molar-refractivity contribution in [2.75, 3.05) is 31.6 Å². The molecule has 1 amide bonds. The highest BCUT2D eigenvalue weighted by Crippen LogP contribution is 2.21. The highest BCUT2D eigenvalue weighted by molar-refractivity contribution is 5.96. The lowest BCUT2D eigenvalue weighted by Crippen LogP contribution is -2.34. The van der Waals surface area contributed by atoms with E-state index < -0.39 is 0 Å². The van der Waals surface area contributed by atoms with Crippen LogP contribution in [0.2, 0.25) is 0 Å². The monoisotopic (exact) mass is 375 g/mol. The maximum atomic E-state index is 12.6. The van der Waals surface area contributed by atoms with Crippen LogP contribution in [0, 0.1) is 11.8 Å². The Balaban J connectivity index is 0.00000264. The zero-order valence-electron chi connectivity index (χ0n) is 14.5. The minimum absolute atomic E-state index is 0. The van der Waals surface area contributed by atoms with Crippen molar-refractivity contribution in [3.63, 3.8) is 0 Å². The van der Waals surface area contributed by atoms with Crippen LogP contribution in [-0.2, 0) is 4.79 Å². The summed E-state index contributed by atoms with van der Waals surface area (Å²) in [5, 5.41) is 0. The molecule has 0 radical (unpaired) electrons. The van der Waals surface area contributed by atoms with Crippen molar-refractivity contribution < 1.29 is 9.59 Å². The Morgan fingerprint density at radius 1 is 1.33 bits per heavy atom. The number of carbonyl (C=O) groups is 2. The molecule has 0 spiro atoms. The smallest absolute Gasteiger partial charge is 0.215 e. The number of hydrogen-bond donors (Lipinski definition) is 0. The van der Waals surface area contributed by atoms with Crippen molar-refractivity contribution >= 4 is 42.8 Å². The van der Waals surface area contributed by atoms with E-state index in [-0.39, 0.29) is 36.5 Å². The van der Waals surface area contributed by atoms with Crippen molar-refractivity contribution in [3.8, 4) is 0 Å². The Morgan fingerprint density at radius 2 is 1.96 bits per heavy atom. The predicted molar refractivity (Wildman–Crippen MR) is 102 cm³/mol. The molecule has 0 bridgehead atoms. The Kier molecular flexibility index (Phi) is 10.1. The first-order valence-corrected chi connectivity index (χ1v) is 7.93. The Labute approximate surface area is 156 Å². The summed E-state index contributed by atoms with van der Waals surface area (Å²) in [5.74, 6) is 1.06. The van der Waals surface area contributed by atoms with Gasteiger partial charge in [-0.3, -0.25) is 14.5 Å². The molecule has 1 aromatic rings. The molecule has 1 aromatic heterocycles. The van der Waals surface area contributed by atoms with Gasteiger partial charge in [-0.05, 0) is 51.0 Å². The second-order valence-corrected chi connectivity index (χ2v) is 6.47. The first kappa shape index (κ1) is 22.8. The van der Waals surface area contributed by atoms with Crippen LogP contribution in [0.1, 0.15) is 37.2 Å². The summed E-state index contributed by atoms with van der Waals surface area (Å²) in [6.07, 6.45) is 2.54. The van der Waals surface area contributed by atoms with Crippen molar-refractivity contribution in [1.82, 2.24) is 9.88 Å². The summed E-state index contributed by atoms with van der Waals surface area (Å²) >= 11 is 0. The molecule has 5 nitrogen and oxygen atoms in total. The summed E-state index contributed by atoms with van der Waals surface area (Å²) in [7, 11) is 2.08. The third kappa shape index (κ3) is 6.04. The number of nitrogens with zero attached hydrogens (tertiary/aromatic N) is 3. The SMILES string of the molecule is CC(C)CN(C=O)c1cccc(C(=O)C2CCN(C)CC2)n1.Cl.Cl. The molecular formula is C17H27Cl2N3O2. The molecule has 7 heteroatoms. The van der Waals surface area contributed by atoms with Gasteiger partial charge in [-0.15, -0.1) is 24.8 Å². The lowest BCUT2D eigenvalue weighted by atomic mass is 9.91. The Bertz CT molecular complexity index is 532. The summed E-state index contributed by atoms with van der Waals surface area (Å²) in [6, 6.07) is 5.34. The fourth-order valence-corrected chi connectivity index (χ4v) is 2.78. The number of amides is 1. The van der Waals surface area contributed by atoms with E-state index in [2.05, 4.69) is 16.9 Å². The van der Waals surface area contributed by atoms with Gasteiger partial charge in [0.15, 0.2) is 5.78 Å². The zero-order valence-corrected chi connectivity index (χ0v) is 16.1. The average molecular weight is 376 g/mol. The topological polar surface area (TPSA) is 53.5 Å². The number of carbonyl (C=O) groups excluding carboxylic acids is 2. The number of Topliss-reactive ketones (excluding diaryl/α,β-unsaturated/α-hetero) is 1. The first-order chi connectivity index (χ1) is 10.5. The van der Waals surface area contributed by atoms with Crippen LogP contribution in [0.5, 0.6) is 0 Å². The first-order valence-electron chi connectivity index (χ1n) is 7.93. The molecule has 2 rings (SSSR count). The molecule has 0 aromatic carbocycles. The van der Waals surface area contributed by atoms with Gasteiger partial charge in [0.25, 0.3) is 0 Å². The fraction of sp³-hybridized carbons (Fsp3) is 0.588. The van der Waals surface area contributed by atoms with Crippen LogP contribution < -0.4 is 4.90 Å². The van der Waals surface area contributed by atoms with E-state index in [4.69, 9.17) is 0 Å². The number of piperidine rings is 1. The molecule has 1 saturated heterocycles. The third-order valence-corrected chi connectivity index (χ3v) is 4.06. The minimum atomic E-state index is 0. The maximum Gasteiger partial charge on any atom is 0.215 e. The molecule has 0 aliphatic carbocycles. The number of rotatable bonds is 6. The van der Waals surface area contributed by atoms with Gasteiger partial charge in [-0.25, -0.2) is 4.98 Å². The van der Waals surface area contributed by atoms with Gasteiger partial charge in [0.05, 0.1) is 0 Å². The fourth-order valence-electron chi connectivity index (χ4n) is 2.78. The van der Waals surface area contributed by atoms with Crippen LogP contribution in [0.3, 0.4) is 0 Å². The van der Waals surface area contributed by atoms with E-state index in [1.54, 1.807) is 23.1 Å². The molecular weight excluding hydrogens is 349 g/mol. The number of hydrogen-bond acceptors (Lipinski definition) is 4. The van der Waals surface area contributed by atoms with Crippen LogP contribution in [-0.4, -0.2) is 48.8 Å². The summed E-state index contributed by atoms with van der Waals surface area (Å²) in [4.78, 5) is 32.1. The summed E-state index contributed by atoms with van der Waals surface area (Å²) in [5.41, 5.74) is 0.475. The quantitative estimate of drug-likeness (QED) is 0.566. The van der Waals surface area contributed by atoms with Gasteiger partial charge < -0.3 is 4.90 Å². The van der Waals surface area contributed by atoms with Crippen molar-refractivity contribution in [3.05, 3.63) is 23.9 Å². The number of halogens is 2. The molecule has 0 unspecified atom stereocenters. The van der Waals surface area contributed by atoms with Crippen LogP contribution in [0.4, 0.5) is 5.82 Å². The number of likely N-dealkylation sites (tertiary alicyclic amines) is 1. The standard InChI is InChI=1S/C17H25N3O2.2ClH/c1-13(2)11-20(12-21)16-6-4-5-15(18-16)17(22)14-7-9-19(3)10-8-14;;/h4-6,12-14H,7-11H2,1-3H3;2*1H. The molecule has 0 atom stereocenters. The van der Waals surface area contributed by atoms with E-state index in [1.165, 1.54) is 0 Å². The van der Waals surface area contributed by atoms with E-state index in [0.717, 1.165) is 32.3 Å². The lowest BCUT2D eigenvalue weighted by Gasteiger charge is -2.28. The number of aromatic nitrogens is 1.